The largest absolute Gasteiger partial charge is 0.372 e. The maximum Gasteiger partial charge on any atom is 0.0727 e. The van der Waals surface area contributed by atoms with Crippen LogP contribution >= 0.6 is 15.9 Å². The molecule has 0 bridgehead atoms. The zero-order valence-corrected chi connectivity index (χ0v) is 9.17. The van der Waals surface area contributed by atoms with E-state index in [-0.39, 0.29) is 0 Å². The molecule has 0 N–H and O–H groups in total. The van der Waals surface area contributed by atoms with Gasteiger partial charge in [-0.05, 0) is 28.0 Å². The summed E-state index contributed by atoms with van der Waals surface area (Å²) in [5, 5.41) is 2.66. The van der Waals surface area contributed by atoms with Gasteiger partial charge in [-0.2, -0.15) is 0 Å². The quantitative estimate of drug-likeness (QED) is 0.692. The van der Waals surface area contributed by atoms with Gasteiger partial charge in [0.05, 0.1) is 13.2 Å². The van der Waals surface area contributed by atoms with Gasteiger partial charge < -0.3 is 4.74 Å². The van der Waals surface area contributed by atoms with Crippen molar-refractivity contribution in [2.24, 2.45) is 0 Å². The molecule has 0 aromatic heterocycles. The molecule has 0 spiro atoms. The molecule has 1 aliphatic rings. The van der Waals surface area contributed by atoms with Crippen molar-refractivity contribution >= 4 is 26.7 Å². The maximum atomic E-state index is 5.51. The maximum absolute atomic E-state index is 5.51. The van der Waals surface area contributed by atoms with Crippen molar-refractivity contribution in [3.63, 3.8) is 0 Å². The predicted octanol–water partition coefficient (Wildman–Crippen LogP) is 3.63. The van der Waals surface area contributed by atoms with Crippen LogP contribution in [0.1, 0.15) is 11.1 Å². The van der Waals surface area contributed by atoms with Gasteiger partial charge in [0, 0.05) is 4.47 Å². The molecule has 3 rings (SSSR count). The molecule has 0 fully saturated rings. The second kappa shape index (κ2) is 3.07. The summed E-state index contributed by atoms with van der Waals surface area (Å²) in [6, 6.07) is 10.6. The van der Waals surface area contributed by atoms with Gasteiger partial charge in [-0.15, -0.1) is 0 Å². The molecule has 1 heterocycles. The smallest absolute Gasteiger partial charge is 0.0727 e. The molecule has 2 aromatic carbocycles. The molecular weight excluding hydrogens is 240 g/mol. The van der Waals surface area contributed by atoms with E-state index in [9.17, 15) is 0 Å². The summed E-state index contributed by atoms with van der Waals surface area (Å²) < 4.78 is 6.68. The van der Waals surface area contributed by atoms with Crippen LogP contribution in [0.3, 0.4) is 0 Å². The van der Waals surface area contributed by atoms with E-state index in [1.54, 1.807) is 0 Å². The molecule has 70 valence electrons. The number of rotatable bonds is 0. The van der Waals surface area contributed by atoms with Crippen LogP contribution in [0.4, 0.5) is 0 Å². The molecule has 0 amide bonds. The van der Waals surface area contributed by atoms with Crippen LogP contribution in [0.2, 0.25) is 0 Å². The molecular formula is C12H9BrO. The first kappa shape index (κ1) is 8.45. The summed E-state index contributed by atoms with van der Waals surface area (Å²) in [7, 11) is 0. The van der Waals surface area contributed by atoms with E-state index < -0.39 is 0 Å². The second-order valence-corrected chi connectivity index (χ2v) is 4.39. The van der Waals surface area contributed by atoms with Crippen LogP contribution in [0, 0.1) is 0 Å². The van der Waals surface area contributed by atoms with Crippen LogP contribution < -0.4 is 0 Å². The van der Waals surface area contributed by atoms with Crippen LogP contribution in [0.15, 0.2) is 34.8 Å². The first-order valence-electron chi connectivity index (χ1n) is 4.63. The first-order chi connectivity index (χ1) is 6.86. The number of halogens is 1. The Balaban J connectivity index is 2.51. The summed E-state index contributed by atoms with van der Waals surface area (Å²) in [5.41, 5.74) is 2.59. The lowest BCUT2D eigenvalue weighted by Crippen LogP contribution is -2.03. The van der Waals surface area contributed by atoms with Gasteiger partial charge in [-0.1, -0.05) is 40.2 Å². The topological polar surface area (TPSA) is 9.23 Å². The molecule has 14 heavy (non-hydrogen) atoms. The standard InChI is InChI=1S/C12H9BrO/c13-11-5-4-9-7-14-6-8-2-1-3-10(11)12(8)9/h1-5H,6-7H2. The van der Waals surface area contributed by atoms with E-state index >= 15 is 0 Å². The molecule has 0 radical (unpaired) electrons. The SMILES string of the molecule is Brc1ccc2c3c(cccc13)COC2. The van der Waals surface area contributed by atoms with Crippen molar-refractivity contribution < 1.29 is 4.74 Å². The van der Waals surface area contributed by atoms with Crippen LogP contribution in [-0.4, -0.2) is 0 Å². The van der Waals surface area contributed by atoms with Crippen molar-refractivity contribution in [1.82, 2.24) is 0 Å². The molecule has 0 saturated heterocycles. The van der Waals surface area contributed by atoms with Crippen LogP contribution in [0.5, 0.6) is 0 Å². The van der Waals surface area contributed by atoms with Gasteiger partial charge in [-0.3, -0.25) is 0 Å². The fourth-order valence-electron chi connectivity index (χ4n) is 2.04. The van der Waals surface area contributed by atoms with Crippen LogP contribution in [-0.2, 0) is 18.0 Å². The fourth-order valence-corrected chi connectivity index (χ4v) is 2.50. The highest BCUT2D eigenvalue weighted by Crippen LogP contribution is 2.32. The average molecular weight is 249 g/mol. The fraction of sp³-hybridized carbons (Fsp3) is 0.167. The number of ether oxygens (including phenoxy) is 1. The summed E-state index contributed by atoms with van der Waals surface area (Å²) in [6.45, 7) is 1.47. The lowest BCUT2D eigenvalue weighted by molar-refractivity contribution is 0.103. The lowest BCUT2D eigenvalue weighted by atomic mass is 9.98. The summed E-state index contributed by atoms with van der Waals surface area (Å²) in [4.78, 5) is 0. The first-order valence-corrected chi connectivity index (χ1v) is 5.42. The van der Waals surface area contributed by atoms with Gasteiger partial charge in [0.15, 0.2) is 0 Å². The minimum absolute atomic E-state index is 0.737. The Labute approximate surface area is 90.8 Å². The zero-order valence-electron chi connectivity index (χ0n) is 7.59. The molecule has 0 atom stereocenters. The highest BCUT2D eigenvalue weighted by Gasteiger charge is 2.13. The highest BCUT2D eigenvalue weighted by atomic mass is 79.9. The molecule has 1 nitrogen and oxygen atoms in total. The monoisotopic (exact) mass is 248 g/mol. The summed E-state index contributed by atoms with van der Waals surface area (Å²) in [6.07, 6.45) is 0. The minimum Gasteiger partial charge on any atom is -0.372 e. The third kappa shape index (κ3) is 1.11. The number of benzene rings is 2. The summed E-state index contributed by atoms with van der Waals surface area (Å²) >= 11 is 3.58. The summed E-state index contributed by atoms with van der Waals surface area (Å²) in [5.74, 6) is 0. The highest BCUT2D eigenvalue weighted by molar-refractivity contribution is 9.10. The van der Waals surface area contributed by atoms with E-state index in [2.05, 4.69) is 46.3 Å². The molecule has 2 heteroatoms. The average Bonchev–Trinajstić information content (AvgIpc) is 2.24. The van der Waals surface area contributed by atoms with Gasteiger partial charge >= 0.3 is 0 Å². The third-order valence-electron chi connectivity index (χ3n) is 2.68. The van der Waals surface area contributed by atoms with E-state index in [4.69, 9.17) is 4.74 Å². The van der Waals surface area contributed by atoms with E-state index in [1.807, 2.05) is 0 Å². The van der Waals surface area contributed by atoms with Gasteiger partial charge in [-0.25, -0.2) is 0 Å². The Morgan fingerprint density at radius 1 is 1.00 bits per heavy atom. The van der Waals surface area contributed by atoms with Crippen LogP contribution in [0.25, 0.3) is 10.8 Å². The zero-order chi connectivity index (χ0) is 9.54. The third-order valence-corrected chi connectivity index (χ3v) is 3.37. The lowest BCUT2D eigenvalue weighted by Gasteiger charge is -2.18. The van der Waals surface area contributed by atoms with Crippen molar-refractivity contribution in [3.8, 4) is 0 Å². The van der Waals surface area contributed by atoms with Gasteiger partial charge in [0.1, 0.15) is 0 Å². The molecule has 0 unspecified atom stereocenters. The van der Waals surface area contributed by atoms with Crippen molar-refractivity contribution in [1.29, 1.82) is 0 Å². The Morgan fingerprint density at radius 2 is 1.79 bits per heavy atom. The Bertz CT molecular complexity index is 495. The predicted molar refractivity (Wildman–Crippen MR) is 60.1 cm³/mol. The second-order valence-electron chi connectivity index (χ2n) is 3.54. The van der Waals surface area contributed by atoms with Crippen molar-refractivity contribution in [2.45, 2.75) is 13.2 Å². The van der Waals surface area contributed by atoms with Crippen molar-refractivity contribution in [3.05, 3.63) is 45.9 Å². The molecule has 0 aliphatic carbocycles. The molecule has 2 aromatic rings. The molecule has 0 saturated carbocycles. The Morgan fingerprint density at radius 3 is 2.64 bits per heavy atom. The Kier molecular flexibility index (Phi) is 1.85. The van der Waals surface area contributed by atoms with E-state index in [1.165, 1.54) is 26.4 Å². The number of hydrogen-bond acceptors (Lipinski definition) is 1. The van der Waals surface area contributed by atoms with E-state index in [0.717, 1.165) is 13.2 Å². The molecule has 1 aliphatic heterocycles. The number of hydrogen-bond donors (Lipinski definition) is 0. The van der Waals surface area contributed by atoms with Gasteiger partial charge in [0.2, 0.25) is 0 Å². The van der Waals surface area contributed by atoms with Gasteiger partial charge in [0.25, 0.3) is 0 Å². The van der Waals surface area contributed by atoms with E-state index in [0.29, 0.717) is 0 Å². The normalized spacial score (nSPS) is 14.6. The van der Waals surface area contributed by atoms with Crippen molar-refractivity contribution in [2.75, 3.05) is 0 Å². The Hall–Kier alpha value is -0.860. The minimum atomic E-state index is 0.737.